The number of aliphatic imine (C=N–C) groups is 1. The first-order valence-corrected chi connectivity index (χ1v) is 6.52. The number of nitrogens with zero attached hydrogens (tertiary/aromatic N) is 1. The fraction of sp³-hybridized carbons (Fsp3) is 0.250. The molecule has 0 bridgehead atoms. The van der Waals surface area contributed by atoms with E-state index in [2.05, 4.69) is 18.8 Å². The van der Waals surface area contributed by atoms with E-state index in [1.165, 1.54) is 6.20 Å². The standard InChI is InChI=1S/C16H21N3O/c1-4-15(19-9-5-8-17)13-7-6-12(16(18)20)10-14(13)11(2)3/h4-11H,17H2,1-3H3,(H2,18,20)/b8-5-,15-4+,19-9+. The van der Waals surface area contributed by atoms with Crippen LogP contribution in [-0.4, -0.2) is 12.1 Å². The zero-order valence-corrected chi connectivity index (χ0v) is 12.1. The van der Waals surface area contributed by atoms with Gasteiger partial charge in [-0.2, -0.15) is 0 Å². The third kappa shape index (κ3) is 3.82. The molecule has 0 fully saturated rings. The van der Waals surface area contributed by atoms with Crippen LogP contribution >= 0.6 is 0 Å². The SMILES string of the molecule is C/C=C(/N=C/C=C\N)c1ccc(C(N)=O)cc1C(C)C. The quantitative estimate of drug-likeness (QED) is 0.807. The Hall–Kier alpha value is -2.36. The molecule has 1 amide bonds. The first-order chi connectivity index (χ1) is 9.51. The molecular weight excluding hydrogens is 250 g/mol. The molecule has 0 atom stereocenters. The Bertz CT molecular complexity index is 569. The minimum Gasteiger partial charge on any atom is -0.405 e. The Kier molecular flexibility index (Phi) is 5.72. The van der Waals surface area contributed by atoms with Gasteiger partial charge in [0.1, 0.15) is 0 Å². The predicted octanol–water partition coefficient (Wildman–Crippen LogP) is 2.81. The Morgan fingerprint density at radius 3 is 2.55 bits per heavy atom. The molecule has 0 spiro atoms. The van der Waals surface area contributed by atoms with E-state index < -0.39 is 5.91 Å². The lowest BCUT2D eigenvalue weighted by Gasteiger charge is -2.14. The topological polar surface area (TPSA) is 81.5 Å². The summed E-state index contributed by atoms with van der Waals surface area (Å²) in [7, 11) is 0. The van der Waals surface area contributed by atoms with E-state index in [-0.39, 0.29) is 5.92 Å². The highest BCUT2D eigenvalue weighted by Gasteiger charge is 2.12. The molecule has 106 valence electrons. The molecule has 0 radical (unpaired) electrons. The summed E-state index contributed by atoms with van der Waals surface area (Å²) in [5.41, 5.74) is 14.0. The molecule has 0 saturated carbocycles. The Balaban J connectivity index is 3.32. The van der Waals surface area contributed by atoms with Gasteiger partial charge in [0.05, 0.1) is 5.70 Å². The van der Waals surface area contributed by atoms with E-state index in [0.717, 1.165) is 16.8 Å². The third-order valence-corrected chi connectivity index (χ3v) is 2.92. The monoisotopic (exact) mass is 271 g/mol. The molecule has 0 heterocycles. The maximum Gasteiger partial charge on any atom is 0.248 e. The summed E-state index contributed by atoms with van der Waals surface area (Å²) >= 11 is 0. The highest BCUT2D eigenvalue weighted by molar-refractivity contribution is 5.93. The van der Waals surface area contributed by atoms with Gasteiger partial charge in [0.25, 0.3) is 0 Å². The Morgan fingerprint density at radius 1 is 1.35 bits per heavy atom. The van der Waals surface area contributed by atoms with Crippen molar-refractivity contribution >= 4 is 17.8 Å². The Morgan fingerprint density at radius 2 is 2.05 bits per heavy atom. The molecule has 0 aliphatic heterocycles. The summed E-state index contributed by atoms with van der Waals surface area (Å²) in [6, 6.07) is 5.44. The van der Waals surface area contributed by atoms with Crippen LogP contribution in [0.3, 0.4) is 0 Å². The van der Waals surface area contributed by atoms with Gasteiger partial charge in [-0.1, -0.05) is 26.0 Å². The number of allylic oxidation sites excluding steroid dienone is 2. The van der Waals surface area contributed by atoms with Gasteiger partial charge in [0.15, 0.2) is 0 Å². The van der Waals surface area contributed by atoms with Gasteiger partial charge in [0.2, 0.25) is 5.91 Å². The molecule has 4 nitrogen and oxygen atoms in total. The smallest absolute Gasteiger partial charge is 0.248 e. The van der Waals surface area contributed by atoms with Gasteiger partial charge < -0.3 is 11.5 Å². The second-order valence-electron chi connectivity index (χ2n) is 4.66. The molecular formula is C16H21N3O. The zero-order valence-electron chi connectivity index (χ0n) is 12.1. The molecule has 20 heavy (non-hydrogen) atoms. The second-order valence-corrected chi connectivity index (χ2v) is 4.66. The normalized spacial score (nSPS) is 12.7. The van der Waals surface area contributed by atoms with E-state index in [9.17, 15) is 4.79 Å². The van der Waals surface area contributed by atoms with Crippen molar-refractivity contribution in [2.24, 2.45) is 16.5 Å². The van der Waals surface area contributed by atoms with Crippen molar-refractivity contribution in [3.05, 3.63) is 53.2 Å². The number of primary amides is 1. The number of rotatable bonds is 5. The maximum absolute atomic E-state index is 11.3. The van der Waals surface area contributed by atoms with E-state index in [1.54, 1.807) is 18.4 Å². The largest absolute Gasteiger partial charge is 0.405 e. The molecule has 4 heteroatoms. The molecule has 0 aromatic heterocycles. The van der Waals surface area contributed by atoms with Gasteiger partial charge in [-0.25, -0.2) is 0 Å². The average Bonchev–Trinajstić information content (AvgIpc) is 2.43. The van der Waals surface area contributed by atoms with Gasteiger partial charge in [0, 0.05) is 17.3 Å². The lowest BCUT2D eigenvalue weighted by Crippen LogP contribution is -2.12. The Labute approximate surface area is 119 Å². The predicted molar refractivity (Wildman–Crippen MR) is 84.5 cm³/mol. The van der Waals surface area contributed by atoms with Gasteiger partial charge in [-0.3, -0.25) is 9.79 Å². The van der Waals surface area contributed by atoms with Crippen molar-refractivity contribution in [1.82, 2.24) is 0 Å². The van der Waals surface area contributed by atoms with Gasteiger partial charge >= 0.3 is 0 Å². The number of amides is 1. The van der Waals surface area contributed by atoms with Gasteiger partial charge in [-0.15, -0.1) is 0 Å². The molecule has 1 rings (SSSR count). The van der Waals surface area contributed by atoms with Crippen LogP contribution < -0.4 is 11.5 Å². The number of carbonyl (C=O) groups excluding carboxylic acids is 1. The fourth-order valence-corrected chi connectivity index (χ4v) is 1.90. The van der Waals surface area contributed by atoms with Crippen molar-refractivity contribution in [3.63, 3.8) is 0 Å². The van der Waals surface area contributed by atoms with Crippen molar-refractivity contribution in [2.45, 2.75) is 26.7 Å². The highest BCUT2D eigenvalue weighted by atomic mass is 16.1. The average molecular weight is 271 g/mol. The molecule has 1 aromatic carbocycles. The van der Waals surface area contributed by atoms with E-state index >= 15 is 0 Å². The zero-order chi connectivity index (χ0) is 15.1. The first kappa shape index (κ1) is 15.7. The summed E-state index contributed by atoms with van der Waals surface area (Å²) in [6.07, 6.45) is 6.65. The lowest BCUT2D eigenvalue weighted by molar-refractivity contribution is 0.1000. The highest BCUT2D eigenvalue weighted by Crippen LogP contribution is 2.27. The number of carbonyl (C=O) groups is 1. The number of hydrogen-bond acceptors (Lipinski definition) is 3. The summed E-state index contributed by atoms with van der Waals surface area (Å²) in [4.78, 5) is 15.7. The van der Waals surface area contributed by atoms with Crippen LogP contribution in [0.25, 0.3) is 5.70 Å². The van der Waals surface area contributed by atoms with Crippen LogP contribution in [0.2, 0.25) is 0 Å². The first-order valence-electron chi connectivity index (χ1n) is 6.52. The number of benzene rings is 1. The summed E-state index contributed by atoms with van der Waals surface area (Å²) < 4.78 is 0. The van der Waals surface area contributed by atoms with Crippen molar-refractivity contribution < 1.29 is 4.79 Å². The lowest BCUT2D eigenvalue weighted by atomic mass is 9.93. The maximum atomic E-state index is 11.3. The minimum atomic E-state index is -0.421. The fourth-order valence-electron chi connectivity index (χ4n) is 1.90. The van der Waals surface area contributed by atoms with Crippen molar-refractivity contribution in [2.75, 3.05) is 0 Å². The molecule has 1 aromatic rings. The van der Waals surface area contributed by atoms with Crippen LogP contribution in [0.1, 0.15) is 48.2 Å². The molecule has 0 saturated heterocycles. The summed E-state index contributed by atoms with van der Waals surface area (Å²) in [6.45, 7) is 6.06. The molecule has 4 N–H and O–H groups in total. The molecule has 0 aliphatic rings. The van der Waals surface area contributed by atoms with E-state index in [1.807, 2.05) is 25.1 Å². The molecule has 0 aliphatic carbocycles. The minimum absolute atomic E-state index is 0.263. The van der Waals surface area contributed by atoms with E-state index in [4.69, 9.17) is 11.5 Å². The van der Waals surface area contributed by atoms with E-state index in [0.29, 0.717) is 5.56 Å². The van der Waals surface area contributed by atoms with Crippen LogP contribution in [0.15, 0.2) is 41.5 Å². The van der Waals surface area contributed by atoms with Gasteiger partial charge in [-0.05, 0) is 42.8 Å². The second kappa shape index (κ2) is 7.28. The van der Waals surface area contributed by atoms with Crippen LogP contribution in [0, 0.1) is 0 Å². The van der Waals surface area contributed by atoms with Crippen LogP contribution in [0.4, 0.5) is 0 Å². The summed E-state index contributed by atoms with van der Waals surface area (Å²) in [5, 5.41) is 0. The van der Waals surface area contributed by atoms with Crippen LogP contribution in [-0.2, 0) is 0 Å². The molecule has 0 unspecified atom stereocenters. The third-order valence-electron chi connectivity index (χ3n) is 2.92. The number of hydrogen-bond donors (Lipinski definition) is 2. The van der Waals surface area contributed by atoms with Crippen LogP contribution in [0.5, 0.6) is 0 Å². The number of nitrogens with two attached hydrogens (primary N) is 2. The van der Waals surface area contributed by atoms with Crippen molar-refractivity contribution in [1.29, 1.82) is 0 Å². The van der Waals surface area contributed by atoms with Crippen molar-refractivity contribution in [3.8, 4) is 0 Å². The summed E-state index contributed by atoms with van der Waals surface area (Å²) in [5.74, 6) is -0.158.